The monoisotopic (exact) mass is 450 g/mol. The van der Waals surface area contributed by atoms with Crippen molar-refractivity contribution in [3.05, 3.63) is 29.3 Å². The molecule has 32 heavy (non-hydrogen) atoms. The van der Waals surface area contributed by atoms with Gasteiger partial charge in [-0.2, -0.15) is 0 Å². The first kappa shape index (κ1) is 25.3. The van der Waals surface area contributed by atoms with E-state index < -0.39 is 48.7 Å². The average Bonchev–Trinajstić information content (AvgIpc) is 2.76. The lowest BCUT2D eigenvalue weighted by atomic mass is 9.83. The molecule has 2 amide bonds. The summed E-state index contributed by atoms with van der Waals surface area (Å²) >= 11 is 0. The van der Waals surface area contributed by atoms with Crippen molar-refractivity contribution >= 4 is 23.6 Å². The molecule has 2 rings (SSSR count). The van der Waals surface area contributed by atoms with Crippen molar-refractivity contribution in [3.8, 4) is 5.75 Å². The number of ether oxygens (including phenoxy) is 1. The second kappa shape index (κ2) is 12.2. The van der Waals surface area contributed by atoms with Gasteiger partial charge in [-0.3, -0.25) is 19.2 Å². The largest absolute Gasteiger partial charge is 0.496 e. The third-order valence-corrected chi connectivity index (χ3v) is 5.72. The van der Waals surface area contributed by atoms with Crippen LogP contribution < -0.4 is 15.4 Å². The summed E-state index contributed by atoms with van der Waals surface area (Å²) in [6.07, 6.45) is 3.53. The summed E-state index contributed by atoms with van der Waals surface area (Å²) in [5.41, 5.74) is 1.63. The molecule has 1 fully saturated rings. The van der Waals surface area contributed by atoms with Crippen LogP contribution in [0.3, 0.4) is 0 Å². The Morgan fingerprint density at radius 2 is 1.84 bits per heavy atom. The number of aryl methyl sites for hydroxylation is 1. The van der Waals surface area contributed by atoms with Gasteiger partial charge in [-0.25, -0.2) is 4.39 Å². The maximum atomic E-state index is 13.0. The minimum atomic E-state index is -1.48. The molecule has 0 aliphatic heterocycles. The van der Waals surface area contributed by atoms with Crippen molar-refractivity contribution in [2.24, 2.45) is 5.92 Å². The Morgan fingerprint density at radius 3 is 2.44 bits per heavy atom. The van der Waals surface area contributed by atoms with Crippen LogP contribution in [0.1, 0.15) is 49.7 Å². The van der Waals surface area contributed by atoms with Crippen LogP contribution in [0.2, 0.25) is 0 Å². The molecule has 9 heteroatoms. The van der Waals surface area contributed by atoms with Gasteiger partial charge in [0.1, 0.15) is 24.5 Å². The molecule has 176 valence electrons. The number of alkyl halides is 1. The van der Waals surface area contributed by atoms with Gasteiger partial charge in [0.25, 0.3) is 0 Å². The number of methoxy groups -OCH3 is 1. The number of ketones is 1. The SMILES string of the molecule is COc1ccc(C)cc1CC(=O)N[C@H](C(=O)NC(CC(=O)O)C(=O)CF)C1CCCCC1. The number of amides is 2. The fraction of sp³-hybridized carbons (Fsp3) is 0.565. The summed E-state index contributed by atoms with van der Waals surface area (Å²) in [5.74, 6) is -3.01. The van der Waals surface area contributed by atoms with Gasteiger partial charge in [0, 0.05) is 5.56 Å². The molecule has 1 unspecified atom stereocenters. The van der Waals surface area contributed by atoms with Gasteiger partial charge < -0.3 is 20.5 Å². The number of carboxylic acids is 1. The van der Waals surface area contributed by atoms with E-state index in [2.05, 4.69) is 10.6 Å². The predicted molar refractivity (Wildman–Crippen MR) is 115 cm³/mol. The van der Waals surface area contributed by atoms with E-state index in [1.54, 1.807) is 6.07 Å². The van der Waals surface area contributed by atoms with E-state index in [0.29, 0.717) is 24.2 Å². The Hall–Kier alpha value is -2.97. The highest BCUT2D eigenvalue weighted by Crippen LogP contribution is 2.27. The number of Topliss-reactive ketones (excluding diaryl/α,β-unsaturated/α-hetero) is 1. The highest BCUT2D eigenvalue weighted by atomic mass is 19.1. The number of carbonyl (C=O) groups is 4. The van der Waals surface area contributed by atoms with Gasteiger partial charge in [-0.15, -0.1) is 0 Å². The van der Waals surface area contributed by atoms with Crippen LogP contribution in [-0.2, 0) is 25.6 Å². The first-order valence-corrected chi connectivity index (χ1v) is 10.8. The molecule has 1 aliphatic carbocycles. The van der Waals surface area contributed by atoms with Crippen LogP contribution >= 0.6 is 0 Å². The highest BCUT2D eigenvalue weighted by Gasteiger charge is 2.34. The van der Waals surface area contributed by atoms with Gasteiger partial charge >= 0.3 is 5.97 Å². The second-order valence-electron chi connectivity index (χ2n) is 8.19. The number of carbonyl (C=O) groups excluding carboxylic acids is 3. The summed E-state index contributed by atoms with van der Waals surface area (Å²) in [6, 6.07) is 3.04. The van der Waals surface area contributed by atoms with Gasteiger partial charge in [0.05, 0.1) is 20.0 Å². The van der Waals surface area contributed by atoms with Gasteiger partial charge in [-0.1, -0.05) is 37.0 Å². The van der Waals surface area contributed by atoms with Crippen molar-refractivity contribution < 1.29 is 33.4 Å². The summed E-state index contributed by atoms with van der Waals surface area (Å²) in [6.45, 7) is 0.509. The van der Waals surface area contributed by atoms with E-state index in [1.165, 1.54) is 7.11 Å². The van der Waals surface area contributed by atoms with Crippen molar-refractivity contribution in [2.75, 3.05) is 13.8 Å². The fourth-order valence-corrected chi connectivity index (χ4v) is 4.08. The molecule has 0 bridgehead atoms. The third-order valence-electron chi connectivity index (χ3n) is 5.72. The molecule has 0 radical (unpaired) electrons. The second-order valence-corrected chi connectivity index (χ2v) is 8.19. The lowest BCUT2D eigenvalue weighted by molar-refractivity contribution is -0.141. The van der Waals surface area contributed by atoms with E-state index in [-0.39, 0.29) is 12.3 Å². The molecule has 8 nitrogen and oxygen atoms in total. The van der Waals surface area contributed by atoms with E-state index >= 15 is 0 Å². The van der Waals surface area contributed by atoms with Crippen LogP contribution in [0.25, 0.3) is 0 Å². The molecule has 2 atom stereocenters. The molecule has 1 saturated carbocycles. The Bertz CT molecular complexity index is 838. The van der Waals surface area contributed by atoms with Gasteiger partial charge in [-0.05, 0) is 31.7 Å². The lowest BCUT2D eigenvalue weighted by Crippen LogP contribution is -2.55. The van der Waals surface area contributed by atoms with Crippen molar-refractivity contribution in [1.82, 2.24) is 10.6 Å². The zero-order valence-corrected chi connectivity index (χ0v) is 18.5. The zero-order valence-electron chi connectivity index (χ0n) is 18.5. The molecule has 3 N–H and O–H groups in total. The molecule has 1 aromatic carbocycles. The van der Waals surface area contributed by atoms with E-state index in [4.69, 9.17) is 9.84 Å². The zero-order chi connectivity index (χ0) is 23.7. The average molecular weight is 451 g/mol. The van der Waals surface area contributed by atoms with Gasteiger partial charge in [0.15, 0.2) is 5.78 Å². The molecule has 1 aromatic rings. The predicted octanol–water partition coefficient (Wildman–Crippen LogP) is 2.11. The number of hydrogen-bond donors (Lipinski definition) is 3. The Labute approximate surface area is 186 Å². The summed E-state index contributed by atoms with van der Waals surface area (Å²) < 4.78 is 18.2. The van der Waals surface area contributed by atoms with E-state index in [0.717, 1.165) is 24.8 Å². The van der Waals surface area contributed by atoms with Crippen LogP contribution in [0, 0.1) is 12.8 Å². The number of halogens is 1. The van der Waals surface area contributed by atoms with Gasteiger partial charge in [0.2, 0.25) is 11.8 Å². The van der Waals surface area contributed by atoms with Crippen LogP contribution in [0.4, 0.5) is 4.39 Å². The van der Waals surface area contributed by atoms with Crippen molar-refractivity contribution in [2.45, 2.75) is 64.0 Å². The third kappa shape index (κ3) is 7.32. The summed E-state index contributed by atoms with van der Waals surface area (Å²) in [7, 11) is 1.51. The maximum Gasteiger partial charge on any atom is 0.305 e. The first-order chi connectivity index (χ1) is 15.2. The number of aliphatic carboxylic acids is 1. The Morgan fingerprint density at radius 1 is 1.16 bits per heavy atom. The number of rotatable bonds is 11. The minimum absolute atomic E-state index is 0.0106. The van der Waals surface area contributed by atoms with Crippen LogP contribution in [0.15, 0.2) is 18.2 Å². The number of hydrogen-bond acceptors (Lipinski definition) is 5. The Balaban J connectivity index is 2.18. The van der Waals surface area contributed by atoms with E-state index in [9.17, 15) is 23.6 Å². The fourth-order valence-electron chi connectivity index (χ4n) is 4.08. The maximum absolute atomic E-state index is 13.0. The summed E-state index contributed by atoms with van der Waals surface area (Å²) in [4.78, 5) is 48.7. The molecule has 1 aliphatic rings. The van der Waals surface area contributed by atoms with Crippen molar-refractivity contribution in [3.63, 3.8) is 0 Å². The minimum Gasteiger partial charge on any atom is -0.496 e. The molecular formula is C23H31FN2O6. The molecular weight excluding hydrogens is 419 g/mol. The first-order valence-electron chi connectivity index (χ1n) is 10.8. The van der Waals surface area contributed by atoms with Crippen LogP contribution in [-0.4, -0.2) is 54.5 Å². The molecule has 0 spiro atoms. The van der Waals surface area contributed by atoms with Crippen LogP contribution in [0.5, 0.6) is 5.75 Å². The topological polar surface area (TPSA) is 122 Å². The van der Waals surface area contributed by atoms with Crippen molar-refractivity contribution in [1.29, 1.82) is 0 Å². The number of carboxylic acid groups (broad SMARTS) is 1. The molecule has 0 saturated heterocycles. The number of benzene rings is 1. The normalized spacial score (nSPS) is 16.0. The smallest absolute Gasteiger partial charge is 0.305 e. The number of nitrogens with one attached hydrogen (secondary N) is 2. The standard InChI is InChI=1S/C23H31FN2O6/c1-14-8-9-19(32-2)16(10-14)11-20(28)26-22(15-6-4-3-5-7-15)23(31)25-17(12-21(29)30)18(27)13-24/h8-10,15,17,22H,3-7,11-13H2,1-2H3,(H,25,31)(H,26,28)(H,29,30)/t17?,22-/m0/s1. The molecule has 0 heterocycles. The quantitative estimate of drug-likeness (QED) is 0.475. The molecule has 0 aromatic heterocycles. The lowest BCUT2D eigenvalue weighted by Gasteiger charge is -2.31. The van der Waals surface area contributed by atoms with E-state index in [1.807, 2.05) is 19.1 Å². The Kier molecular flexibility index (Phi) is 9.61. The summed E-state index contributed by atoms with van der Waals surface area (Å²) in [5, 5.41) is 14.1. The highest BCUT2D eigenvalue weighted by molar-refractivity contribution is 5.95.